The van der Waals surface area contributed by atoms with Crippen molar-refractivity contribution in [3.63, 3.8) is 0 Å². The Morgan fingerprint density at radius 1 is 1.03 bits per heavy atom. The van der Waals surface area contributed by atoms with Crippen LogP contribution in [-0.2, 0) is 0 Å². The van der Waals surface area contributed by atoms with Crippen LogP contribution in [-0.4, -0.2) is 26.5 Å². The SMILES string of the molecule is Cc1ccccc1-n1c(N)c(C(=O)NC2CCCC2)c2nc3ccccc3nc21. The lowest BCUT2D eigenvalue weighted by atomic mass is 10.2. The Labute approximate surface area is 168 Å². The van der Waals surface area contributed by atoms with E-state index in [0.717, 1.165) is 48.0 Å². The molecule has 1 aliphatic rings. The second-order valence-corrected chi connectivity index (χ2v) is 7.72. The average Bonchev–Trinajstić information content (AvgIpc) is 3.32. The summed E-state index contributed by atoms with van der Waals surface area (Å²) in [6.45, 7) is 2.02. The fourth-order valence-corrected chi connectivity index (χ4v) is 4.27. The summed E-state index contributed by atoms with van der Waals surface area (Å²) in [5, 5.41) is 3.16. The first-order valence-corrected chi connectivity index (χ1v) is 10.1. The van der Waals surface area contributed by atoms with Crippen molar-refractivity contribution in [2.24, 2.45) is 0 Å². The van der Waals surface area contributed by atoms with E-state index in [1.807, 2.05) is 60.0 Å². The van der Waals surface area contributed by atoms with Crippen molar-refractivity contribution in [1.82, 2.24) is 19.9 Å². The first-order valence-electron chi connectivity index (χ1n) is 10.1. The van der Waals surface area contributed by atoms with Crippen LogP contribution >= 0.6 is 0 Å². The van der Waals surface area contributed by atoms with Gasteiger partial charge in [0.2, 0.25) is 0 Å². The van der Waals surface area contributed by atoms with Gasteiger partial charge in [-0.05, 0) is 43.5 Å². The number of anilines is 1. The molecule has 3 N–H and O–H groups in total. The van der Waals surface area contributed by atoms with Crippen LogP contribution in [0.15, 0.2) is 48.5 Å². The van der Waals surface area contributed by atoms with E-state index in [1.165, 1.54) is 0 Å². The molecule has 6 heteroatoms. The molecule has 2 heterocycles. The Kier molecular flexibility index (Phi) is 4.19. The lowest BCUT2D eigenvalue weighted by Gasteiger charge is -2.13. The highest BCUT2D eigenvalue weighted by Crippen LogP contribution is 2.32. The molecule has 5 rings (SSSR count). The Hall–Kier alpha value is -3.41. The summed E-state index contributed by atoms with van der Waals surface area (Å²) in [6.07, 6.45) is 4.32. The maximum atomic E-state index is 13.2. The molecule has 0 aliphatic heterocycles. The number of rotatable bonds is 3. The molecule has 1 fully saturated rings. The van der Waals surface area contributed by atoms with E-state index in [-0.39, 0.29) is 11.9 Å². The van der Waals surface area contributed by atoms with Crippen LogP contribution in [0.25, 0.3) is 27.9 Å². The molecular weight excluding hydrogens is 362 g/mol. The summed E-state index contributed by atoms with van der Waals surface area (Å²) in [4.78, 5) is 22.8. The van der Waals surface area contributed by atoms with E-state index < -0.39 is 0 Å². The first-order chi connectivity index (χ1) is 14.1. The molecule has 1 saturated carbocycles. The summed E-state index contributed by atoms with van der Waals surface area (Å²) in [5.74, 6) is 0.205. The monoisotopic (exact) mass is 385 g/mol. The third-order valence-electron chi connectivity index (χ3n) is 5.77. The Balaban J connectivity index is 1.77. The van der Waals surface area contributed by atoms with Crippen molar-refractivity contribution >= 4 is 33.9 Å². The number of aromatic nitrogens is 3. The third kappa shape index (κ3) is 2.92. The van der Waals surface area contributed by atoms with E-state index in [0.29, 0.717) is 22.5 Å². The maximum absolute atomic E-state index is 13.2. The number of para-hydroxylation sites is 3. The molecule has 0 saturated heterocycles. The lowest BCUT2D eigenvalue weighted by Crippen LogP contribution is -2.33. The number of hydrogen-bond donors (Lipinski definition) is 2. The van der Waals surface area contributed by atoms with Crippen LogP contribution in [0.4, 0.5) is 5.82 Å². The summed E-state index contributed by atoms with van der Waals surface area (Å²) >= 11 is 0. The van der Waals surface area contributed by atoms with Crippen molar-refractivity contribution in [3.8, 4) is 5.69 Å². The standard InChI is InChI=1S/C23H23N5O/c1-14-8-2-7-13-18(14)28-21(24)19(23(29)25-15-9-3-4-10-15)20-22(28)27-17-12-6-5-11-16(17)26-20/h2,5-8,11-13,15H,3-4,9-10,24H2,1H3,(H,25,29). The molecule has 6 nitrogen and oxygen atoms in total. The predicted octanol–water partition coefficient (Wildman–Crippen LogP) is 4.14. The largest absolute Gasteiger partial charge is 0.384 e. The van der Waals surface area contributed by atoms with Crippen LogP contribution in [0.5, 0.6) is 0 Å². The van der Waals surface area contributed by atoms with Gasteiger partial charge in [-0.3, -0.25) is 9.36 Å². The van der Waals surface area contributed by atoms with Crippen molar-refractivity contribution in [1.29, 1.82) is 0 Å². The predicted molar refractivity (Wildman–Crippen MR) is 115 cm³/mol. The molecule has 146 valence electrons. The summed E-state index contributed by atoms with van der Waals surface area (Å²) in [5.41, 5.74) is 11.6. The highest BCUT2D eigenvalue weighted by atomic mass is 16.1. The molecule has 0 radical (unpaired) electrons. The average molecular weight is 385 g/mol. The van der Waals surface area contributed by atoms with Gasteiger partial charge in [-0.15, -0.1) is 0 Å². The van der Waals surface area contributed by atoms with Crippen molar-refractivity contribution in [2.45, 2.75) is 38.6 Å². The number of aryl methyl sites for hydroxylation is 1. The third-order valence-corrected chi connectivity index (χ3v) is 5.77. The second kappa shape index (κ2) is 6.88. The van der Waals surface area contributed by atoms with Crippen LogP contribution in [0, 0.1) is 6.92 Å². The van der Waals surface area contributed by atoms with Gasteiger partial charge in [0.25, 0.3) is 5.91 Å². The number of nitrogens with one attached hydrogen (secondary N) is 1. The second-order valence-electron chi connectivity index (χ2n) is 7.72. The minimum Gasteiger partial charge on any atom is -0.384 e. The normalized spacial score (nSPS) is 14.7. The van der Waals surface area contributed by atoms with Gasteiger partial charge in [-0.1, -0.05) is 43.2 Å². The van der Waals surface area contributed by atoms with E-state index >= 15 is 0 Å². The van der Waals surface area contributed by atoms with E-state index in [4.69, 9.17) is 15.7 Å². The number of fused-ring (bicyclic) bond motifs is 2. The fraction of sp³-hybridized carbons (Fsp3) is 0.261. The molecular formula is C23H23N5O. The molecule has 2 aromatic heterocycles. The zero-order chi connectivity index (χ0) is 20.0. The number of nitrogens with zero attached hydrogens (tertiary/aromatic N) is 3. The number of amides is 1. The van der Waals surface area contributed by atoms with Gasteiger partial charge >= 0.3 is 0 Å². The molecule has 1 amide bonds. The molecule has 2 aromatic carbocycles. The maximum Gasteiger partial charge on any atom is 0.257 e. The van der Waals surface area contributed by atoms with Crippen LogP contribution in [0.2, 0.25) is 0 Å². The molecule has 0 spiro atoms. The van der Waals surface area contributed by atoms with Crippen LogP contribution in [0.3, 0.4) is 0 Å². The smallest absolute Gasteiger partial charge is 0.257 e. The summed E-state index contributed by atoms with van der Waals surface area (Å²) < 4.78 is 1.85. The minimum atomic E-state index is -0.170. The van der Waals surface area contributed by atoms with Gasteiger partial charge < -0.3 is 11.1 Å². The molecule has 0 bridgehead atoms. The number of carbonyl (C=O) groups is 1. The Morgan fingerprint density at radius 3 is 2.41 bits per heavy atom. The van der Waals surface area contributed by atoms with Crippen LogP contribution < -0.4 is 11.1 Å². The van der Waals surface area contributed by atoms with Crippen LogP contribution in [0.1, 0.15) is 41.6 Å². The van der Waals surface area contributed by atoms with E-state index in [9.17, 15) is 4.79 Å². The van der Waals surface area contributed by atoms with Crippen molar-refractivity contribution < 1.29 is 4.79 Å². The first kappa shape index (κ1) is 17.7. The highest BCUT2D eigenvalue weighted by molar-refractivity contribution is 6.11. The van der Waals surface area contributed by atoms with E-state index in [1.54, 1.807) is 0 Å². The van der Waals surface area contributed by atoms with Gasteiger partial charge in [0.1, 0.15) is 16.9 Å². The number of nitrogens with two attached hydrogens (primary N) is 1. The number of hydrogen-bond acceptors (Lipinski definition) is 4. The van der Waals surface area contributed by atoms with Gasteiger partial charge in [-0.25, -0.2) is 9.97 Å². The zero-order valence-corrected chi connectivity index (χ0v) is 16.4. The number of carbonyl (C=O) groups excluding carboxylic acids is 1. The molecule has 0 unspecified atom stereocenters. The van der Waals surface area contributed by atoms with Gasteiger partial charge in [-0.2, -0.15) is 0 Å². The molecule has 1 aliphatic carbocycles. The lowest BCUT2D eigenvalue weighted by molar-refractivity contribution is 0.0940. The molecule has 29 heavy (non-hydrogen) atoms. The quantitative estimate of drug-likeness (QED) is 0.555. The van der Waals surface area contributed by atoms with Gasteiger partial charge in [0.05, 0.1) is 16.7 Å². The minimum absolute atomic E-state index is 0.170. The topological polar surface area (TPSA) is 85.8 Å². The van der Waals surface area contributed by atoms with E-state index in [2.05, 4.69) is 5.32 Å². The fourth-order valence-electron chi connectivity index (χ4n) is 4.27. The Morgan fingerprint density at radius 2 is 1.69 bits per heavy atom. The highest BCUT2D eigenvalue weighted by Gasteiger charge is 2.27. The summed E-state index contributed by atoms with van der Waals surface area (Å²) in [7, 11) is 0. The molecule has 0 atom stereocenters. The Bertz CT molecular complexity index is 1240. The van der Waals surface area contributed by atoms with Gasteiger partial charge in [0.15, 0.2) is 5.65 Å². The van der Waals surface area contributed by atoms with Gasteiger partial charge in [0, 0.05) is 6.04 Å². The molecule has 4 aromatic rings. The summed E-state index contributed by atoms with van der Waals surface area (Å²) in [6, 6.07) is 15.8. The zero-order valence-electron chi connectivity index (χ0n) is 16.4. The number of benzene rings is 2. The van der Waals surface area contributed by atoms with Crippen molar-refractivity contribution in [3.05, 3.63) is 59.7 Å². The van der Waals surface area contributed by atoms with Crippen molar-refractivity contribution in [2.75, 3.05) is 5.73 Å². The number of nitrogen functional groups attached to an aromatic ring is 1.